The van der Waals surface area contributed by atoms with Crippen LogP contribution in [-0.2, 0) is 25.5 Å². The minimum atomic E-state index is -0.692. The van der Waals surface area contributed by atoms with Gasteiger partial charge < -0.3 is 18.8 Å². The Kier molecular flexibility index (Phi) is 7.20. The Morgan fingerprint density at radius 3 is 2.65 bits per heavy atom. The molecule has 0 spiro atoms. The van der Waals surface area contributed by atoms with E-state index in [0.29, 0.717) is 12.1 Å². The Morgan fingerprint density at radius 1 is 1.10 bits per heavy atom. The van der Waals surface area contributed by atoms with Gasteiger partial charge in [0.15, 0.2) is 0 Å². The van der Waals surface area contributed by atoms with Crippen molar-refractivity contribution < 1.29 is 23.8 Å². The maximum Gasteiger partial charge on any atom is 0.348 e. The number of esters is 2. The molecule has 0 radical (unpaired) electrons. The van der Waals surface area contributed by atoms with E-state index in [0.717, 1.165) is 22.0 Å². The van der Waals surface area contributed by atoms with E-state index in [4.69, 9.17) is 14.2 Å². The van der Waals surface area contributed by atoms with Gasteiger partial charge >= 0.3 is 11.9 Å². The summed E-state index contributed by atoms with van der Waals surface area (Å²) in [5.74, 6) is -1.09. The molecule has 0 saturated carbocycles. The molecule has 1 heterocycles. The van der Waals surface area contributed by atoms with E-state index >= 15 is 0 Å². The molecule has 0 saturated heterocycles. The number of ether oxygens (including phenoxy) is 3. The van der Waals surface area contributed by atoms with E-state index in [9.17, 15) is 14.9 Å². The van der Waals surface area contributed by atoms with Crippen molar-refractivity contribution in [1.29, 1.82) is 5.26 Å². The summed E-state index contributed by atoms with van der Waals surface area (Å²) in [6, 6.07) is 16.8. The molecule has 31 heavy (non-hydrogen) atoms. The standard InChI is InChI=1S/C24H22N2O5/c1-29-10-11-31-24(28)19(14-25)13-20-16-26(22-9-4-3-8-21(20)22)15-17-6-5-7-18(12-17)23(27)30-2/h3-9,12-13,16H,10-11,15H2,1-2H3/b19-13+. The first-order chi connectivity index (χ1) is 15.1. The van der Waals surface area contributed by atoms with Crippen LogP contribution in [0.3, 0.4) is 0 Å². The maximum absolute atomic E-state index is 12.2. The van der Waals surface area contributed by atoms with Crippen molar-refractivity contribution in [3.05, 3.63) is 77.0 Å². The van der Waals surface area contributed by atoms with Crippen LogP contribution >= 0.6 is 0 Å². The number of fused-ring (bicyclic) bond motifs is 1. The predicted molar refractivity (Wildman–Crippen MR) is 115 cm³/mol. The lowest BCUT2D eigenvalue weighted by Crippen LogP contribution is -2.11. The van der Waals surface area contributed by atoms with Gasteiger partial charge in [-0.1, -0.05) is 30.3 Å². The van der Waals surface area contributed by atoms with Crippen LogP contribution in [0.25, 0.3) is 17.0 Å². The summed E-state index contributed by atoms with van der Waals surface area (Å²) >= 11 is 0. The molecular formula is C24H22N2O5. The van der Waals surface area contributed by atoms with Crippen molar-refractivity contribution in [2.24, 2.45) is 0 Å². The van der Waals surface area contributed by atoms with Crippen molar-refractivity contribution in [3.8, 4) is 6.07 Å². The fourth-order valence-electron chi connectivity index (χ4n) is 3.22. The van der Waals surface area contributed by atoms with Crippen molar-refractivity contribution in [3.63, 3.8) is 0 Å². The van der Waals surface area contributed by atoms with Crippen LogP contribution in [0.2, 0.25) is 0 Å². The van der Waals surface area contributed by atoms with Gasteiger partial charge in [0.2, 0.25) is 0 Å². The normalized spacial score (nSPS) is 11.2. The van der Waals surface area contributed by atoms with E-state index in [1.807, 2.05) is 47.2 Å². The van der Waals surface area contributed by atoms with Gasteiger partial charge in [0.05, 0.1) is 19.3 Å². The average molecular weight is 418 g/mol. The number of hydrogen-bond acceptors (Lipinski definition) is 6. The third-order valence-electron chi connectivity index (χ3n) is 4.68. The molecule has 2 aromatic carbocycles. The monoisotopic (exact) mass is 418 g/mol. The highest BCUT2D eigenvalue weighted by molar-refractivity contribution is 6.01. The zero-order chi connectivity index (χ0) is 22.2. The number of carbonyl (C=O) groups is 2. The molecule has 7 nitrogen and oxygen atoms in total. The van der Waals surface area contributed by atoms with Crippen molar-refractivity contribution in [1.82, 2.24) is 4.57 Å². The second kappa shape index (κ2) is 10.2. The highest BCUT2D eigenvalue weighted by atomic mass is 16.6. The molecule has 158 valence electrons. The summed E-state index contributed by atoms with van der Waals surface area (Å²) in [5, 5.41) is 10.3. The SMILES string of the molecule is COCCOC(=O)/C(C#N)=C/c1cn(Cc2cccc(C(=O)OC)c2)c2ccccc12. The number of nitrogens with zero attached hydrogens (tertiary/aromatic N) is 2. The lowest BCUT2D eigenvalue weighted by molar-refractivity contribution is -0.139. The average Bonchev–Trinajstić information content (AvgIpc) is 3.14. The highest BCUT2D eigenvalue weighted by Crippen LogP contribution is 2.25. The van der Waals surface area contributed by atoms with E-state index in [2.05, 4.69) is 0 Å². The molecule has 0 aliphatic rings. The quantitative estimate of drug-likeness (QED) is 0.240. The number of aromatic nitrogens is 1. The molecule has 3 rings (SSSR count). The zero-order valence-corrected chi connectivity index (χ0v) is 17.3. The van der Waals surface area contributed by atoms with Gasteiger partial charge in [-0.05, 0) is 29.8 Å². The van der Waals surface area contributed by atoms with Crippen molar-refractivity contribution in [2.75, 3.05) is 27.4 Å². The molecular weight excluding hydrogens is 396 g/mol. The van der Waals surface area contributed by atoms with Gasteiger partial charge in [-0.2, -0.15) is 5.26 Å². The Bertz CT molecular complexity index is 1170. The molecule has 3 aromatic rings. The lowest BCUT2D eigenvalue weighted by atomic mass is 10.1. The van der Waals surface area contributed by atoms with Gasteiger partial charge in [-0.25, -0.2) is 9.59 Å². The van der Waals surface area contributed by atoms with E-state index in [1.54, 1.807) is 18.2 Å². The first kappa shape index (κ1) is 21.8. The predicted octanol–water partition coefficient (Wildman–Crippen LogP) is 3.57. The van der Waals surface area contributed by atoms with Crippen LogP contribution in [0.4, 0.5) is 0 Å². The molecule has 0 atom stereocenters. The molecule has 0 amide bonds. The number of carbonyl (C=O) groups excluding carboxylic acids is 2. The molecule has 1 aromatic heterocycles. The van der Waals surface area contributed by atoms with E-state index in [-0.39, 0.29) is 18.8 Å². The van der Waals surface area contributed by atoms with Crippen LogP contribution in [0.15, 0.2) is 60.3 Å². The summed E-state index contributed by atoms with van der Waals surface area (Å²) in [7, 11) is 2.85. The highest BCUT2D eigenvalue weighted by Gasteiger charge is 2.14. The minimum absolute atomic E-state index is 0.0760. The summed E-state index contributed by atoms with van der Waals surface area (Å²) in [6.07, 6.45) is 3.40. The first-order valence-electron chi connectivity index (χ1n) is 9.60. The number of methoxy groups -OCH3 is 2. The molecule has 0 unspecified atom stereocenters. The fourth-order valence-corrected chi connectivity index (χ4v) is 3.22. The van der Waals surface area contributed by atoms with Crippen molar-refractivity contribution >= 4 is 28.9 Å². The Morgan fingerprint density at radius 2 is 1.90 bits per heavy atom. The summed E-state index contributed by atoms with van der Waals surface area (Å²) in [4.78, 5) is 24.0. The topological polar surface area (TPSA) is 90.5 Å². The molecule has 0 aliphatic heterocycles. The second-order valence-corrected chi connectivity index (χ2v) is 6.72. The molecule has 0 aliphatic carbocycles. The first-order valence-corrected chi connectivity index (χ1v) is 9.60. The number of nitriles is 1. The molecule has 0 N–H and O–H groups in total. The lowest BCUT2D eigenvalue weighted by Gasteiger charge is -2.07. The van der Waals surface area contributed by atoms with E-state index in [1.165, 1.54) is 20.3 Å². The fraction of sp³-hybridized carbons (Fsp3) is 0.208. The Hall–Kier alpha value is -3.89. The number of hydrogen-bond donors (Lipinski definition) is 0. The molecule has 0 fully saturated rings. The van der Waals surface area contributed by atoms with Crippen molar-refractivity contribution in [2.45, 2.75) is 6.54 Å². The molecule has 0 bridgehead atoms. The third-order valence-corrected chi connectivity index (χ3v) is 4.68. The van der Waals surface area contributed by atoms with Gasteiger partial charge in [0, 0.05) is 36.3 Å². The zero-order valence-electron chi connectivity index (χ0n) is 17.3. The van der Waals surface area contributed by atoms with Crippen LogP contribution in [0.1, 0.15) is 21.5 Å². The van der Waals surface area contributed by atoms with Gasteiger partial charge in [0.25, 0.3) is 0 Å². The maximum atomic E-state index is 12.2. The van der Waals surface area contributed by atoms with Crippen LogP contribution in [0.5, 0.6) is 0 Å². The summed E-state index contributed by atoms with van der Waals surface area (Å²) < 4.78 is 16.7. The van der Waals surface area contributed by atoms with Crippen LogP contribution < -0.4 is 0 Å². The Balaban J connectivity index is 1.95. The third kappa shape index (κ3) is 5.18. The van der Waals surface area contributed by atoms with Gasteiger partial charge in [-0.3, -0.25) is 0 Å². The van der Waals surface area contributed by atoms with Gasteiger partial charge in [0.1, 0.15) is 18.2 Å². The Labute approximate surface area is 180 Å². The van der Waals surface area contributed by atoms with Crippen LogP contribution in [0, 0.1) is 11.3 Å². The second-order valence-electron chi connectivity index (χ2n) is 6.72. The number of para-hydroxylation sites is 1. The molecule has 7 heteroatoms. The van der Waals surface area contributed by atoms with Gasteiger partial charge in [-0.15, -0.1) is 0 Å². The minimum Gasteiger partial charge on any atom is -0.465 e. The number of rotatable bonds is 8. The summed E-state index contributed by atoms with van der Waals surface area (Å²) in [5.41, 5.74) is 2.95. The van der Waals surface area contributed by atoms with Crippen LogP contribution in [-0.4, -0.2) is 43.9 Å². The summed E-state index contributed by atoms with van der Waals surface area (Å²) in [6.45, 7) is 0.834. The number of benzene rings is 2. The van der Waals surface area contributed by atoms with E-state index < -0.39 is 11.9 Å². The largest absolute Gasteiger partial charge is 0.465 e. The smallest absolute Gasteiger partial charge is 0.348 e.